The first-order valence-corrected chi connectivity index (χ1v) is 6.40. The Balaban J connectivity index is 0.00000180. The Morgan fingerprint density at radius 1 is 1.47 bits per heavy atom. The number of aromatic hydroxyl groups is 1. The summed E-state index contributed by atoms with van der Waals surface area (Å²) in [5, 5.41) is 15.4. The normalized spacial score (nSPS) is 15.6. The Morgan fingerprint density at radius 2 is 2.21 bits per heavy atom. The van der Waals surface area contributed by atoms with E-state index in [-0.39, 0.29) is 29.9 Å². The van der Waals surface area contributed by atoms with E-state index in [2.05, 4.69) is 15.6 Å². The van der Waals surface area contributed by atoms with E-state index in [0.29, 0.717) is 12.3 Å². The maximum Gasteiger partial charge on any atom is 0.225 e. The van der Waals surface area contributed by atoms with Gasteiger partial charge in [-0.25, -0.2) is 4.98 Å². The number of nitrogens with one attached hydrogen (secondary N) is 2. The van der Waals surface area contributed by atoms with Crippen LogP contribution in [0.1, 0.15) is 25.7 Å². The first-order valence-electron chi connectivity index (χ1n) is 6.40. The molecule has 0 atom stereocenters. The number of hydrogen-bond acceptors (Lipinski definition) is 4. The molecule has 1 amide bonds. The Morgan fingerprint density at radius 3 is 2.89 bits per heavy atom. The van der Waals surface area contributed by atoms with Crippen molar-refractivity contribution in [2.45, 2.75) is 25.7 Å². The number of anilines is 1. The highest BCUT2D eigenvalue weighted by Crippen LogP contribution is 2.20. The smallest absolute Gasteiger partial charge is 0.225 e. The molecule has 0 spiro atoms. The van der Waals surface area contributed by atoms with Crippen molar-refractivity contribution in [1.29, 1.82) is 0 Å². The lowest BCUT2D eigenvalue weighted by atomic mass is 9.93. The second kappa shape index (κ2) is 7.96. The third-order valence-electron chi connectivity index (χ3n) is 3.28. The van der Waals surface area contributed by atoms with Crippen LogP contribution in [-0.2, 0) is 4.79 Å². The van der Waals surface area contributed by atoms with Gasteiger partial charge in [-0.1, -0.05) is 0 Å². The summed E-state index contributed by atoms with van der Waals surface area (Å²) in [5.74, 6) is 0.803. The SMILES string of the molecule is Cl.O=C(CCC1CCNCC1)Nc1ncccc1O. The zero-order chi connectivity index (χ0) is 12.8. The minimum absolute atomic E-state index is 0. The number of nitrogens with zero attached hydrogens (tertiary/aromatic N) is 1. The quantitative estimate of drug-likeness (QED) is 0.790. The van der Waals surface area contributed by atoms with Crippen LogP contribution in [0.25, 0.3) is 0 Å². The lowest BCUT2D eigenvalue weighted by Gasteiger charge is -2.22. The van der Waals surface area contributed by atoms with Gasteiger partial charge in [0.05, 0.1) is 0 Å². The molecule has 1 aromatic heterocycles. The molecule has 0 aliphatic carbocycles. The maximum atomic E-state index is 11.7. The highest BCUT2D eigenvalue weighted by atomic mass is 35.5. The van der Waals surface area contributed by atoms with Gasteiger partial charge in [0.15, 0.2) is 11.6 Å². The Bertz CT molecular complexity index is 409. The molecule has 6 heteroatoms. The number of piperidine rings is 1. The number of aromatic nitrogens is 1. The second-order valence-electron chi connectivity index (χ2n) is 4.65. The van der Waals surface area contributed by atoms with Crippen molar-refractivity contribution in [3.8, 4) is 5.75 Å². The monoisotopic (exact) mass is 285 g/mol. The molecule has 1 saturated heterocycles. The number of rotatable bonds is 4. The van der Waals surface area contributed by atoms with Crippen molar-refractivity contribution in [3.63, 3.8) is 0 Å². The van der Waals surface area contributed by atoms with E-state index >= 15 is 0 Å². The molecule has 2 heterocycles. The number of amides is 1. The highest BCUT2D eigenvalue weighted by Gasteiger charge is 2.15. The van der Waals surface area contributed by atoms with Gasteiger partial charge in [-0.05, 0) is 50.4 Å². The van der Waals surface area contributed by atoms with Gasteiger partial charge in [-0.15, -0.1) is 12.4 Å². The fourth-order valence-electron chi connectivity index (χ4n) is 2.19. The molecule has 1 aromatic rings. The summed E-state index contributed by atoms with van der Waals surface area (Å²) in [4.78, 5) is 15.7. The Kier molecular flexibility index (Phi) is 6.59. The molecule has 1 aliphatic heterocycles. The van der Waals surface area contributed by atoms with Crippen LogP contribution < -0.4 is 10.6 Å². The number of halogens is 1. The maximum absolute atomic E-state index is 11.7. The zero-order valence-electron chi connectivity index (χ0n) is 10.8. The molecule has 19 heavy (non-hydrogen) atoms. The molecule has 0 bridgehead atoms. The van der Waals surface area contributed by atoms with Gasteiger partial charge in [-0.2, -0.15) is 0 Å². The van der Waals surface area contributed by atoms with E-state index in [1.165, 1.54) is 6.07 Å². The van der Waals surface area contributed by atoms with Gasteiger partial charge in [-0.3, -0.25) is 4.79 Å². The van der Waals surface area contributed by atoms with Crippen LogP contribution in [0.5, 0.6) is 5.75 Å². The van der Waals surface area contributed by atoms with Crippen molar-refractivity contribution >= 4 is 24.1 Å². The van der Waals surface area contributed by atoms with Crippen molar-refractivity contribution in [1.82, 2.24) is 10.3 Å². The van der Waals surface area contributed by atoms with Crippen LogP contribution in [0.15, 0.2) is 18.3 Å². The van der Waals surface area contributed by atoms with Crippen LogP contribution in [0.3, 0.4) is 0 Å². The third kappa shape index (κ3) is 5.04. The summed E-state index contributed by atoms with van der Waals surface area (Å²) < 4.78 is 0. The summed E-state index contributed by atoms with van der Waals surface area (Å²) in [5.41, 5.74) is 0. The van der Waals surface area contributed by atoms with Gasteiger partial charge in [0, 0.05) is 12.6 Å². The minimum atomic E-state index is -0.0810. The first kappa shape index (κ1) is 15.7. The summed E-state index contributed by atoms with van der Waals surface area (Å²) in [6, 6.07) is 3.13. The Hall–Kier alpha value is -1.33. The van der Waals surface area contributed by atoms with E-state index in [9.17, 15) is 9.90 Å². The Labute approximate surface area is 119 Å². The van der Waals surface area contributed by atoms with E-state index in [0.717, 1.165) is 32.4 Å². The molecule has 5 nitrogen and oxygen atoms in total. The van der Waals surface area contributed by atoms with Crippen molar-refractivity contribution in [3.05, 3.63) is 18.3 Å². The highest BCUT2D eigenvalue weighted by molar-refractivity contribution is 5.90. The molecule has 0 saturated carbocycles. The predicted octanol–water partition coefficient (Wildman–Crippen LogP) is 1.93. The molecule has 1 aliphatic rings. The van der Waals surface area contributed by atoms with Crippen molar-refractivity contribution < 1.29 is 9.90 Å². The molecule has 1 fully saturated rings. The molecule has 3 N–H and O–H groups in total. The van der Waals surface area contributed by atoms with Crippen LogP contribution in [0.4, 0.5) is 5.82 Å². The molecule has 0 unspecified atom stereocenters. The molecule has 0 aromatic carbocycles. The number of pyridine rings is 1. The summed E-state index contributed by atoms with van der Waals surface area (Å²) >= 11 is 0. The topological polar surface area (TPSA) is 74.2 Å². The van der Waals surface area contributed by atoms with Crippen molar-refractivity contribution in [2.24, 2.45) is 5.92 Å². The average Bonchev–Trinajstić information content (AvgIpc) is 2.40. The number of carbonyl (C=O) groups excluding carboxylic acids is 1. The number of carbonyl (C=O) groups is 1. The summed E-state index contributed by atoms with van der Waals surface area (Å²) in [6.07, 6.45) is 5.22. The van der Waals surface area contributed by atoms with Crippen LogP contribution >= 0.6 is 12.4 Å². The predicted molar refractivity (Wildman–Crippen MR) is 76.6 cm³/mol. The molecule has 2 rings (SSSR count). The fourth-order valence-corrected chi connectivity index (χ4v) is 2.19. The average molecular weight is 286 g/mol. The third-order valence-corrected chi connectivity index (χ3v) is 3.28. The van der Waals surface area contributed by atoms with Gasteiger partial charge < -0.3 is 15.7 Å². The zero-order valence-corrected chi connectivity index (χ0v) is 11.6. The molecular formula is C13H20ClN3O2. The summed E-state index contributed by atoms with van der Waals surface area (Å²) in [6.45, 7) is 2.10. The second-order valence-corrected chi connectivity index (χ2v) is 4.65. The molecule has 0 radical (unpaired) electrons. The van der Waals surface area contributed by atoms with Crippen LogP contribution in [0, 0.1) is 5.92 Å². The number of hydrogen-bond donors (Lipinski definition) is 3. The van der Waals surface area contributed by atoms with E-state index in [1.807, 2.05) is 0 Å². The fraction of sp³-hybridized carbons (Fsp3) is 0.538. The lowest BCUT2D eigenvalue weighted by molar-refractivity contribution is -0.116. The minimum Gasteiger partial charge on any atom is -0.504 e. The largest absolute Gasteiger partial charge is 0.504 e. The lowest BCUT2D eigenvalue weighted by Crippen LogP contribution is -2.28. The van der Waals surface area contributed by atoms with Gasteiger partial charge in [0.2, 0.25) is 5.91 Å². The van der Waals surface area contributed by atoms with E-state index < -0.39 is 0 Å². The van der Waals surface area contributed by atoms with Crippen LogP contribution in [0.2, 0.25) is 0 Å². The van der Waals surface area contributed by atoms with Crippen LogP contribution in [-0.4, -0.2) is 29.1 Å². The van der Waals surface area contributed by atoms with Gasteiger partial charge in [0.1, 0.15) is 0 Å². The van der Waals surface area contributed by atoms with E-state index in [4.69, 9.17) is 0 Å². The van der Waals surface area contributed by atoms with Gasteiger partial charge in [0.25, 0.3) is 0 Å². The molecular weight excluding hydrogens is 266 g/mol. The van der Waals surface area contributed by atoms with Crippen molar-refractivity contribution in [2.75, 3.05) is 18.4 Å². The molecule has 106 valence electrons. The van der Waals surface area contributed by atoms with Gasteiger partial charge >= 0.3 is 0 Å². The van der Waals surface area contributed by atoms with E-state index in [1.54, 1.807) is 12.3 Å². The standard InChI is InChI=1S/C13H19N3O2.ClH/c17-11-2-1-7-15-13(11)16-12(18)4-3-10-5-8-14-9-6-10;/h1-2,7,10,14,17H,3-6,8-9H2,(H,15,16,18);1H. The first-order chi connectivity index (χ1) is 8.75. The summed E-state index contributed by atoms with van der Waals surface area (Å²) in [7, 11) is 0.